The summed E-state index contributed by atoms with van der Waals surface area (Å²) in [5.41, 5.74) is 1.26. The van der Waals surface area contributed by atoms with Gasteiger partial charge in [-0.25, -0.2) is 13.1 Å². The van der Waals surface area contributed by atoms with Crippen LogP contribution < -0.4 is 15.0 Å². The zero-order valence-electron chi connectivity index (χ0n) is 23.1. The fraction of sp³-hybridized carbons (Fsp3) is 0.414. The summed E-state index contributed by atoms with van der Waals surface area (Å²) in [6.07, 6.45) is -1.42. The molecule has 1 amide bonds. The van der Waals surface area contributed by atoms with Crippen molar-refractivity contribution in [2.75, 3.05) is 18.1 Å². The first-order valence-corrected chi connectivity index (χ1v) is 15.5. The second kappa shape index (κ2) is 11.7. The summed E-state index contributed by atoms with van der Waals surface area (Å²) in [6, 6.07) is 14.2. The molecule has 1 aromatic heterocycles. The van der Waals surface area contributed by atoms with Gasteiger partial charge in [-0.2, -0.15) is 23.5 Å². The molecule has 5 rings (SSSR count). The number of halogens is 4. The van der Waals surface area contributed by atoms with Crippen LogP contribution in [0.15, 0.2) is 59.6 Å². The van der Waals surface area contributed by atoms with Crippen LogP contribution in [0.1, 0.15) is 30.4 Å². The van der Waals surface area contributed by atoms with E-state index >= 15 is 0 Å². The van der Waals surface area contributed by atoms with Gasteiger partial charge in [0.05, 0.1) is 27.4 Å². The number of anilines is 1. The monoisotopic (exact) mass is 635 g/mol. The van der Waals surface area contributed by atoms with E-state index in [-0.39, 0.29) is 28.6 Å². The molecule has 1 aliphatic carbocycles. The minimum absolute atomic E-state index is 0.0707. The molecule has 0 radical (unpaired) electrons. The van der Waals surface area contributed by atoms with Crippen LogP contribution in [0.4, 0.5) is 19.0 Å². The molecule has 43 heavy (non-hydrogen) atoms. The van der Waals surface area contributed by atoms with Gasteiger partial charge in [0.1, 0.15) is 23.1 Å². The lowest BCUT2D eigenvalue weighted by Crippen LogP contribution is -2.48. The van der Waals surface area contributed by atoms with E-state index in [1.54, 1.807) is 21.8 Å². The van der Waals surface area contributed by atoms with Gasteiger partial charge in [0, 0.05) is 25.2 Å². The Hall–Kier alpha value is -3.76. The number of aromatic nitrogens is 2. The van der Waals surface area contributed by atoms with Crippen molar-refractivity contribution in [3.63, 3.8) is 0 Å². The maximum absolute atomic E-state index is 13.8. The highest BCUT2D eigenvalue weighted by Crippen LogP contribution is 2.38. The molecule has 0 spiro atoms. The molecular weight excluding hydrogens is 607 g/mol. The lowest BCUT2D eigenvalue weighted by atomic mass is 10.1. The molecule has 2 atom stereocenters. The van der Waals surface area contributed by atoms with Crippen molar-refractivity contribution in [1.82, 2.24) is 15.1 Å². The van der Waals surface area contributed by atoms with Crippen LogP contribution in [0.2, 0.25) is 5.02 Å². The van der Waals surface area contributed by atoms with Crippen LogP contribution in [-0.4, -0.2) is 60.3 Å². The molecule has 0 bridgehead atoms. The van der Waals surface area contributed by atoms with E-state index in [0.717, 1.165) is 29.3 Å². The molecule has 0 unspecified atom stereocenters. The highest BCUT2D eigenvalue weighted by atomic mass is 35.5. The number of benzene rings is 2. The number of alkyl halides is 3. The third kappa shape index (κ3) is 6.91. The summed E-state index contributed by atoms with van der Waals surface area (Å²) >= 11 is 6.24. The molecule has 1 saturated heterocycles. The maximum atomic E-state index is 13.8. The highest BCUT2D eigenvalue weighted by Gasteiger charge is 2.50. The largest absolute Gasteiger partial charge is 0.484 e. The first-order valence-electron chi connectivity index (χ1n) is 13.6. The fourth-order valence-electron chi connectivity index (χ4n) is 5.22. The third-order valence-electron chi connectivity index (χ3n) is 7.63. The number of nitrogens with one attached hydrogen (secondary N) is 1. The Bertz CT molecular complexity index is 1670. The Morgan fingerprint density at radius 2 is 2.00 bits per heavy atom. The van der Waals surface area contributed by atoms with E-state index < -0.39 is 45.4 Å². The Labute approximate surface area is 252 Å². The summed E-state index contributed by atoms with van der Waals surface area (Å²) in [5, 5.41) is 15.4. The first kappa shape index (κ1) is 30.7. The van der Waals surface area contributed by atoms with Gasteiger partial charge in [-0.05, 0) is 50.3 Å². The van der Waals surface area contributed by atoms with Crippen LogP contribution in [-0.2, 0) is 27.6 Å². The number of carbonyl (C=O) groups is 1. The molecule has 1 N–H and O–H groups in total. The highest BCUT2D eigenvalue weighted by molar-refractivity contribution is 7.92. The zero-order chi connectivity index (χ0) is 31.0. The Kier molecular flexibility index (Phi) is 8.37. The van der Waals surface area contributed by atoms with Crippen LogP contribution >= 0.6 is 11.6 Å². The van der Waals surface area contributed by atoms with Gasteiger partial charge in [-0.3, -0.25) is 4.79 Å². The molecule has 1 saturated carbocycles. The number of hydrogen-bond acceptors (Lipinski definition) is 7. The predicted molar refractivity (Wildman–Crippen MR) is 153 cm³/mol. The lowest BCUT2D eigenvalue weighted by Gasteiger charge is -2.27. The van der Waals surface area contributed by atoms with E-state index in [0.29, 0.717) is 31.6 Å². The number of hydrogen-bond donors (Lipinski definition) is 1. The molecule has 2 aliphatic rings. The van der Waals surface area contributed by atoms with Gasteiger partial charge in [-0.15, -0.1) is 0 Å². The van der Waals surface area contributed by atoms with Crippen molar-refractivity contribution in [2.24, 2.45) is 0 Å². The van der Waals surface area contributed by atoms with Gasteiger partial charge in [0.25, 0.3) is 0 Å². The minimum atomic E-state index is -4.57. The molecule has 2 fully saturated rings. The molecule has 1 aliphatic heterocycles. The number of nitrogens with zero attached hydrogens (tertiary/aromatic N) is 4. The summed E-state index contributed by atoms with van der Waals surface area (Å²) in [7, 11) is -4.15. The van der Waals surface area contributed by atoms with Gasteiger partial charge < -0.3 is 15.0 Å². The van der Waals surface area contributed by atoms with Crippen LogP contribution in [0.5, 0.6) is 5.75 Å². The molecule has 2 aromatic carbocycles. The van der Waals surface area contributed by atoms with Crippen molar-refractivity contribution in [3.8, 4) is 11.8 Å². The van der Waals surface area contributed by atoms with Crippen molar-refractivity contribution in [3.05, 3.63) is 70.9 Å². The summed E-state index contributed by atoms with van der Waals surface area (Å²) in [4.78, 5) is 14.9. The van der Waals surface area contributed by atoms with Crippen LogP contribution in [0.3, 0.4) is 0 Å². The lowest BCUT2D eigenvalue weighted by molar-refractivity contribution is -0.153. The summed E-state index contributed by atoms with van der Waals surface area (Å²) in [5.74, 6) is -0.144. The Balaban J connectivity index is 1.41. The normalized spacial score (nSPS) is 19.6. The van der Waals surface area contributed by atoms with Crippen LogP contribution in [0, 0.1) is 18.3 Å². The first-order chi connectivity index (χ1) is 20.3. The second-order valence-corrected chi connectivity index (χ2v) is 13.5. The third-order valence-corrected chi connectivity index (χ3v) is 10.2. The van der Waals surface area contributed by atoms with Gasteiger partial charge in [0.2, 0.25) is 5.91 Å². The van der Waals surface area contributed by atoms with Crippen molar-refractivity contribution < 1.29 is 31.1 Å². The SMILES string of the molecule is Cc1cccc(CCn2nccc2N2C[C@H](S(=O)(=O)c3ccc(OCC(F)(F)F)cc3Cl)C[C@H]2C(=O)NC2(C#N)CC2)c1. The molecule has 3 aromatic rings. The van der Waals surface area contributed by atoms with Crippen LogP contribution in [0.25, 0.3) is 0 Å². The average molecular weight is 636 g/mol. The second-order valence-electron chi connectivity index (χ2n) is 10.9. The van der Waals surface area contributed by atoms with Crippen molar-refractivity contribution in [2.45, 2.75) is 67.1 Å². The topological polar surface area (TPSA) is 117 Å². The quantitative estimate of drug-likeness (QED) is 0.345. The number of nitriles is 1. The number of ether oxygens (including phenoxy) is 1. The summed E-state index contributed by atoms with van der Waals surface area (Å²) < 4.78 is 71.7. The standard InChI is InChI=1S/C29H29ClF3N5O4S/c1-19-3-2-4-20(13-19)8-12-38-26(7-11-35-38)37-16-22(15-24(37)27(39)36-28(17-34)9-10-28)43(40,41)25-6-5-21(14-23(25)30)42-18-29(31,32)33/h2-7,11,13-14,22,24H,8-10,12,15-16,18H2,1H3,(H,36,39)/t22-,24+/m1/s1. The average Bonchev–Trinajstić information content (AvgIpc) is 3.33. The number of rotatable bonds is 10. The van der Waals surface area contributed by atoms with E-state index in [2.05, 4.69) is 22.6 Å². The number of carbonyl (C=O) groups excluding carboxylic acids is 1. The van der Waals surface area contributed by atoms with E-state index in [1.807, 2.05) is 25.1 Å². The minimum Gasteiger partial charge on any atom is -0.484 e. The fourth-order valence-corrected chi connectivity index (χ4v) is 7.46. The number of sulfone groups is 1. The number of amides is 1. The molecule has 228 valence electrons. The van der Waals surface area contributed by atoms with E-state index in [9.17, 15) is 31.6 Å². The smallest absolute Gasteiger partial charge is 0.422 e. The Morgan fingerprint density at radius 1 is 1.23 bits per heavy atom. The Morgan fingerprint density at radius 3 is 2.65 bits per heavy atom. The maximum Gasteiger partial charge on any atom is 0.422 e. The van der Waals surface area contributed by atoms with Gasteiger partial charge in [-0.1, -0.05) is 41.4 Å². The predicted octanol–water partition coefficient (Wildman–Crippen LogP) is 4.62. The molecular formula is C29H29ClF3N5O4S. The zero-order valence-corrected chi connectivity index (χ0v) is 24.7. The molecule has 9 nitrogen and oxygen atoms in total. The van der Waals surface area contributed by atoms with E-state index in [1.165, 1.54) is 0 Å². The van der Waals surface area contributed by atoms with E-state index in [4.69, 9.17) is 16.3 Å². The summed E-state index contributed by atoms with van der Waals surface area (Å²) in [6.45, 7) is 0.853. The van der Waals surface area contributed by atoms with Gasteiger partial charge >= 0.3 is 6.18 Å². The number of aryl methyl sites for hydroxylation is 3. The van der Waals surface area contributed by atoms with Crippen molar-refractivity contribution >= 4 is 33.2 Å². The van der Waals surface area contributed by atoms with Gasteiger partial charge in [0.15, 0.2) is 16.4 Å². The molecule has 14 heteroatoms. The van der Waals surface area contributed by atoms with Crippen molar-refractivity contribution in [1.29, 1.82) is 5.26 Å². The molecule has 2 heterocycles.